The summed E-state index contributed by atoms with van der Waals surface area (Å²) in [7, 11) is 0. The third kappa shape index (κ3) is 3.54. The predicted octanol–water partition coefficient (Wildman–Crippen LogP) is 3.93. The molecule has 0 fully saturated rings. The second-order valence-corrected chi connectivity index (χ2v) is 6.18. The largest absolute Gasteiger partial charge is 0.480 e. The number of hydrogen-bond donors (Lipinski definition) is 2. The normalized spacial score (nSPS) is 12.3. The summed E-state index contributed by atoms with van der Waals surface area (Å²) in [6.45, 7) is 1.98. The van der Waals surface area contributed by atoms with Crippen molar-refractivity contribution in [3.63, 3.8) is 0 Å². The highest BCUT2D eigenvalue weighted by atomic mass is 35.5. The van der Waals surface area contributed by atoms with Crippen molar-refractivity contribution in [2.24, 2.45) is 0 Å². The predicted molar refractivity (Wildman–Crippen MR) is 85.3 cm³/mol. The molecule has 1 amide bonds. The van der Waals surface area contributed by atoms with Gasteiger partial charge in [0.25, 0.3) is 5.91 Å². The van der Waals surface area contributed by atoms with E-state index in [1.165, 1.54) is 11.3 Å². The fourth-order valence-corrected chi connectivity index (χ4v) is 3.47. The van der Waals surface area contributed by atoms with E-state index in [-0.39, 0.29) is 0 Å². The number of nitrogens with one attached hydrogen (secondary N) is 1. The Hall–Kier alpha value is -1.59. The summed E-state index contributed by atoms with van der Waals surface area (Å²) in [5, 5.41) is 12.9. The number of amides is 1. The van der Waals surface area contributed by atoms with Crippen LogP contribution in [0, 0.1) is 0 Å². The first-order valence-corrected chi connectivity index (χ1v) is 7.94. The van der Waals surface area contributed by atoms with Crippen molar-refractivity contribution in [2.75, 3.05) is 0 Å². The second kappa shape index (κ2) is 6.91. The van der Waals surface area contributed by atoms with Crippen LogP contribution >= 0.6 is 22.9 Å². The van der Waals surface area contributed by atoms with Gasteiger partial charge in [0.15, 0.2) is 0 Å². The Bertz CT molecular complexity index is 668. The third-order valence-corrected chi connectivity index (χ3v) is 4.87. The first-order chi connectivity index (χ1) is 10.0. The Kier molecular flexibility index (Phi) is 5.20. The molecule has 0 bridgehead atoms. The molecule has 0 aliphatic heterocycles. The Balaban J connectivity index is 2.21. The van der Waals surface area contributed by atoms with Crippen LogP contribution in [-0.2, 0) is 4.79 Å². The van der Waals surface area contributed by atoms with E-state index in [1.54, 1.807) is 0 Å². The molecule has 0 aliphatic carbocycles. The summed E-state index contributed by atoms with van der Waals surface area (Å²) in [5.41, 5.74) is 0. The number of hydrogen-bond acceptors (Lipinski definition) is 3. The molecule has 21 heavy (non-hydrogen) atoms. The number of benzene rings is 1. The van der Waals surface area contributed by atoms with Gasteiger partial charge in [-0.25, -0.2) is 4.79 Å². The Labute approximate surface area is 131 Å². The molecular weight excluding hydrogens is 310 g/mol. The Morgan fingerprint density at radius 1 is 1.38 bits per heavy atom. The molecule has 1 aromatic carbocycles. The molecule has 1 atom stereocenters. The summed E-state index contributed by atoms with van der Waals surface area (Å²) in [5.74, 6) is -1.45. The van der Waals surface area contributed by atoms with Crippen molar-refractivity contribution in [2.45, 2.75) is 32.2 Å². The number of halogens is 1. The third-order valence-electron chi connectivity index (χ3n) is 3.19. The van der Waals surface area contributed by atoms with Crippen LogP contribution in [0.1, 0.15) is 35.9 Å². The van der Waals surface area contributed by atoms with Gasteiger partial charge in [-0.05, 0) is 12.5 Å². The first-order valence-electron chi connectivity index (χ1n) is 6.75. The van der Waals surface area contributed by atoms with E-state index in [0.29, 0.717) is 16.3 Å². The van der Waals surface area contributed by atoms with Gasteiger partial charge in [-0.1, -0.05) is 49.6 Å². The molecule has 112 valence electrons. The van der Waals surface area contributed by atoms with E-state index in [0.717, 1.165) is 22.9 Å². The van der Waals surface area contributed by atoms with Crippen LogP contribution in [0.15, 0.2) is 24.3 Å². The molecule has 1 aromatic heterocycles. The molecule has 0 radical (unpaired) electrons. The van der Waals surface area contributed by atoms with Crippen LogP contribution in [0.4, 0.5) is 0 Å². The zero-order chi connectivity index (χ0) is 15.4. The minimum Gasteiger partial charge on any atom is -0.480 e. The molecule has 2 aromatic rings. The first kappa shape index (κ1) is 15.8. The van der Waals surface area contributed by atoms with Crippen LogP contribution in [0.3, 0.4) is 0 Å². The number of rotatable bonds is 6. The number of aliphatic carboxylic acids is 1. The number of carboxylic acid groups (broad SMARTS) is 1. The standard InChI is InChI=1S/C15H16ClNO3S/c1-2-3-7-10(15(19)20)17-14(18)13-12(16)9-6-4-5-8-11(9)21-13/h4-6,8,10H,2-3,7H2,1H3,(H,17,18)(H,19,20)/t10-/m0/s1. The molecule has 1 heterocycles. The van der Waals surface area contributed by atoms with Crippen molar-refractivity contribution >= 4 is 44.9 Å². The molecule has 0 unspecified atom stereocenters. The smallest absolute Gasteiger partial charge is 0.326 e. The molecule has 6 heteroatoms. The zero-order valence-electron chi connectivity index (χ0n) is 11.6. The number of unbranched alkanes of at least 4 members (excludes halogenated alkanes) is 1. The van der Waals surface area contributed by atoms with Crippen molar-refractivity contribution in [1.82, 2.24) is 5.32 Å². The summed E-state index contributed by atoms with van der Waals surface area (Å²) in [4.78, 5) is 23.8. The molecule has 4 nitrogen and oxygen atoms in total. The van der Waals surface area contributed by atoms with E-state index in [9.17, 15) is 9.59 Å². The van der Waals surface area contributed by atoms with Crippen molar-refractivity contribution in [3.8, 4) is 0 Å². The monoisotopic (exact) mass is 325 g/mol. The lowest BCUT2D eigenvalue weighted by Gasteiger charge is -2.13. The van der Waals surface area contributed by atoms with Gasteiger partial charge in [0, 0.05) is 10.1 Å². The summed E-state index contributed by atoms with van der Waals surface area (Å²) in [6, 6.07) is 6.58. The van der Waals surface area contributed by atoms with Crippen molar-refractivity contribution in [3.05, 3.63) is 34.2 Å². The maximum Gasteiger partial charge on any atom is 0.326 e. The van der Waals surface area contributed by atoms with Gasteiger partial charge in [-0.2, -0.15) is 0 Å². The molecule has 0 spiro atoms. The molecule has 0 aliphatic rings. The highest BCUT2D eigenvalue weighted by molar-refractivity contribution is 7.21. The maximum absolute atomic E-state index is 12.3. The van der Waals surface area contributed by atoms with Crippen molar-refractivity contribution in [1.29, 1.82) is 0 Å². The fraction of sp³-hybridized carbons (Fsp3) is 0.333. The minimum absolute atomic E-state index is 0.362. The van der Waals surface area contributed by atoms with E-state index < -0.39 is 17.9 Å². The molecule has 2 N–H and O–H groups in total. The van der Waals surface area contributed by atoms with Gasteiger partial charge in [-0.3, -0.25) is 4.79 Å². The van der Waals surface area contributed by atoms with Crippen LogP contribution in [0.2, 0.25) is 5.02 Å². The van der Waals surface area contributed by atoms with Gasteiger partial charge >= 0.3 is 5.97 Å². The lowest BCUT2D eigenvalue weighted by molar-refractivity contribution is -0.139. The Morgan fingerprint density at radius 3 is 2.71 bits per heavy atom. The van der Waals surface area contributed by atoms with Crippen molar-refractivity contribution < 1.29 is 14.7 Å². The SMILES string of the molecule is CCCC[C@H](NC(=O)c1sc2ccccc2c1Cl)C(=O)O. The average molecular weight is 326 g/mol. The van der Waals surface area contributed by atoms with Gasteiger partial charge in [0.1, 0.15) is 10.9 Å². The Morgan fingerprint density at radius 2 is 2.10 bits per heavy atom. The number of thiophene rings is 1. The maximum atomic E-state index is 12.3. The summed E-state index contributed by atoms with van der Waals surface area (Å²) >= 11 is 7.49. The van der Waals surface area contributed by atoms with Crippen LogP contribution in [0.25, 0.3) is 10.1 Å². The zero-order valence-corrected chi connectivity index (χ0v) is 13.1. The second-order valence-electron chi connectivity index (χ2n) is 4.75. The van der Waals surface area contributed by atoms with Gasteiger partial charge in [0.2, 0.25) is 0 Å². The van der Waals surface area contributed by atoms with Gasteiger partial charge < -0.3 is 10.4 Å². The molecule has 0 saturated heterocycles. The number of fused-ring (bicyclic) bond motifs is 1. The van der Waals surface area contributed by atoms with E-state index >= 15 is 0 Å². The lowest BCUT2D eigenvalue weighted by Crippen LogP contribution is -2.40. The number of carbonyl (C=O) groups is 2. The van der Waals surface area contributed by atoms with Crippen LogP contribution in [-0.4, -0.2) is 23.0 Å². The minimum atomic E-state index is -1.02. The average Bonchev–Trinajstić information content (AvgIpc) is 2.81. The molecule has 0 saturated carbocycles. The van der Waals surface area contributed by atoms with Gasteiger partial charge in [0.05, 0.1) is 5.02 Å². The topological polar surface area (TPSA) is 66.4 Å². The molecule has 2 rings (SSSR count). The molecular formula is C15H16ClNO3S. The van der Waals surface area contributed by atoms with Gasteiger partial charge in [-0.15, -0.1) is 11.3 Å². The lowest BCUT2D eigenvalue weighted by atomic mass is 10.1. The highest BCUT2D eigenvalue weighted by Crippen LogP contribution is 2.35. The van der Waals surface area contributed by atoms with Crippen LogP contribution in [0.5, 0.6) is 0 Å². The van der Waals surface area contributed by atoms with E-state index in [4.69, 9.17) is 16.7 Å². The van der Waals surface area contributed by atoms with E-state index in [2.05, 4.69) is 5.32 Å². The quantitative estimate of drug-likeness (QED) is 0.845. The van der Waals surface area contributed by atoms with Crippen LogP contribution < -0.4 is 5.32 Å². The highest BCUT2D eigenvalue weighted by Gasteiger charge is 2.23. The summed E-state index contributed by atoms with van der Waals surface area (Å²) in [6.07, 6.45) is 2.04. The fourth-order valence-electron chi connectivity index (χ4n) is 2.05. The van der Waals surface area contributed by atoms with E-state index in [1.807, 2.05) is 31.2 Å². The summed E-state index contributed by atoms with van der Waals surface area (Å²) < 4.78 is 0.910. The number of carbonyl (C=O) groups excluding carboxylic acids is 1. The number of carboxylic acids is 1.